The third-order valence-corrected chi connectivity index (χ3v) is 3.43. The zero-order valence-corrected chi connectivity index (χ0v) is 12.2. The topological polar surface area (TPSA) is 210 Å². The number of carboxylic acids is 3. The predicted octanol–water partition coefficient (Wildman–Crippen LogP) is 0.712. The first-order chi connectivity index (χ1) is 11.2. The number of aromatic carboxylic acids is 3. The van der Waals surface area contributed by atoms with Crippen LogP contribution in [0, 0.1) is 0 Å². The van der Waals surface area contributed by atoms with Crippen molar-refractivity contribution in [2.24, 2.45) is 0 Å². The summed E-state index contributed by atoms with van der Waals surface area (Å²) in [5, 5.41) is 27.3. The molecule has 0 saturated carbocycles. The maximum absolute atomic E-state index is 12.1. The fourth-order valence-electron chi connectivity index (χ4n) is 2.42. The van der Waals surface area contributed by atoms with Gasteiger partial charge in [-0.2, -0.15) is 0 Å². The molecule has 0 radical (unpaired) electrons. The van der Waals surface area contributed by atoms with Crippen LogP contribution in [0.2, 0.25) is 0 Å². The number of hydrogen-bond acceptors (Lipinski definition) is 7. The van der Waals surface area contributed by atoms with Gasteiger partial charge in [0.15, 0.2) is 0 Å². The third kappa shape index (κ3) is 2.44. The number of rotatable bonds is 3. The summed E-state index contributed by atoms with van der Waals surface area (Å²) in [5.74, 6) is -6.87. The second kappa shape index (κ2) is 5.65. The summed E-state index contributed by atoms with van der Waals surface area (Å²) in [7, 11) is 0. The first-order valence-electron chi connectivity index (χ1n) is 6.29. The van der Waals surface area contributed by atoms with E-state index in [-0.39, 0.29) is 23.0 Å². The number of hydrogen-bond donors (Lipinski definition) is 5. The van der Waals surface area contributed by atoms with Gasteiger partial charge in [-0.05, 0) is 12.1 Å². The van der Waals surface area contributed by atoms with Crippen molar-refractivity contribution in [2.75, 3.05) is 0 Å². The van der Waals surface area contributed by atoms with Gasteiger partial charge in [0.1, 0.15) is 17.1 Å². The number of H-pyrrole nitrogens is 1. The Bertz CT molecular complexity index is 988. The van der Waals surface area contributed by atoms with Crippen molar-refractivity contribution in [1.29, 1.82) is 0 Å². The number of nitrogens with one attached hydrogen (secondary N) is 1. The molecule has 0 aliphatic heterocycles. The summed E-state index contributed by atoms with van der Waals surface area (Å²) in [6.07, 6.45) is 0. The van der Waals surface area contributed by atoms with Crippen molar-refractivity contribution < 1.29 is 39.3 Å². The molecule has 0 amide bonds. The lowest BCUT2D eigenvalue weighted by molar-refractivity contribution is 0.0677. The molecule has 0 aromatic carbocycles. The van der Waals surface area contributed by atoms with Crippen LogP contribution in [0.1, 0.15) is 52.2 Å². The molecule has 0 saturated heterocycles. The van der Waals surface area contributed by atoms with Crippen molar-refractivity contribution in [3.63, 3.8) is 0 Å². The molecule has 0 spiro atoms. The number of carbonyl (C=O) groups excluding carboxylic acids is 2. The smallest absolute Gasteiger partial charge is 0.354 e. The maximum atomic E-state index is 12.1. The fraction of sp³-hybridized carbons (Fsp3) is 0. The number of pyridine rings is 1. The van der Waals surface area contributed by atoms with E-state index >= 15 is 0 Å². The van der Waals surface area contributed by atoms with E-state index in [0.717, 1.165) is 12.1 Å². The Hall–Kier alpha value is -3.86. The van der Waals surface area contributed by atoms with Gasteiger partial charge in [0, 0.05) is 5.56 Å². The van der Waals surface area contributed by atoms with Gasteiger partial charge in [-0.1, -0.05) is 0 Å². The van der Waals surface area contributed by atoms with Gasteiger partial charge in [0.05, 0.1) is 16.8 Å². The lowest BCUT2D eigenvalue weighted by atomic mass is 9.88. The molecule has 11 heteroatoms. The number of Topliss-reactive ketones (excluding diaryl/α,β-unsaturated/α-hetero) is 2. The number of carbonyl (C=O) groups is 5. The minimum Gasteiger partial charge on any atom is -0.478 e. The molecule has 7 N–H and O–H groups in total. The molecular formula is C14H9N3O8. The quantitative estimate of drug-likeness (QED) is 0.490. The molecule has 11 nitrogen and oxygen atoms in total. The van der Waals surface area contributed by atoms with Crippen LogP contribution in [0.25, 0.3) is 11.3 Å². The molecule has 0 fully saturated rings. The van der Waals surface area contributed by atoms with Gasteiger partial charge in [0.25, 0.3) is 5.78 Å². The maximum Gasteiger partial charge on any atom is 0.354 e. The average molecular weight is 347 g/mol. The van der Waals surface area contributed by atoms with Crippen LogP contribution in [-0.4, -0.2) is 54.8 Å². The van der Waals surface area contributed by atoms with Crippen LogP contribution in [0.3, 0.4) is 0 Å². The summed E-state index contributed by atoms with van der Waals surface area (Å²) in [5.41, 5.74) is -3.21. The van der Waals surface area contributed by atoms with E-state index in [9.17, 15) is 29.1 Å². The number of aromatic amines is 1. The first kappa shape index (κ1) is 17.5. The molecule has 25 heavy (non-hydrogen) atoms. The average Bonchev–Trinajstić information content (AvgIpc) is 2.96. The summed E-state index contributed by atoms with van der Waals surface area (Å²) >= 11 is 0. The highest BCUT2D eigenvalue weighted by Crippen LogP contribution is 2.35. The Morgan fingerprint density at radius 2 is 1.56 bits per heavy atom. The van der Waals surface area contributed by atoms with E-state index in [1.54, 1.807) is 0 Å². The number of carboxylic acid groups (broad SMARTS) is 3. The van der Waals surface area contributed by atoms with Crippen molar-refractivity contribution in [3.8, 4) is 11.3 Å². The Morgan fingerprint density at radius 3 is 2.08 bits per heavy atom. The van der Waals surface area contributed by atoms with Crippen LogP contribution in [-0.2, 0) is 0 Å². The minimum absolute atomic E-state index is 0. The molecule has 3 rings (SSSR count). The van der Waals surface area contributed by atoms with Crippen LogP contribution in [0.5, 0.6) is 0 Å². The monoisotopic (exact) mass is 347 g/mol. The predicted molar refractivity (Wildman–Crippen MR) is 78.6 cm³/mol. The molecule has 2 aromatic rings. The van der Waals surface area contributed by atoms with Gasteiger partial charge in [0.2, 0.25) is 5.78 Å². The Labute approximate surface area is 137 Å². The van der Waals surface area contributed by atoms with Gasteiger partial charge < -0.3 is 26.5 Å². The van der Waals surface area contributed by atoms with E-state index in [1.165, 1.54) is 0 Å². The first-order valence-corrected chi connectivity index (χ1v) is 6.29. The number of fused-ring (bicyclic) bond motifs is 3. The molecule has 1 aliphatic carbocycles. The van der Waals surface area contributed by atoms with Gasteiger partial charge in [-0.3, -0.25) is 9.59 Å². The highest BCUT2D eigenvalue weighted by atomic mass is 16.4. The van der Waals surface area contributed by atoms with Crippen LogP contribution >= 0.6 is 0 Å². The number of aromatic nitrogens is 2. The number of ketones is 2. The summed E-state index contributed by atoms with van der Waals surface area (Å²) < 4.78 is 0. The molecule has 1 aliphatic rings. The SMILES string of the molecule is N.O=C(O)c1cc(C(=O)O)c2c(n1)C(=O)C(=O)c1cc(C(=O)O)[nH]c1-2. The van der Waals surface area contributed by atoms with Crippen molar-refractivity contribution >= 4 is 29.5 Å². The molecule has 0 unspecified atom stereocenters. The summed E-state index contributed by atoms with van der Waals surface area (Å²) in [6, 6.07) is 1.65. The largest absolute Gasteiger partial charge is 0.478 e. The summed E-state index contributed by atoms with van der Waals surface area (Å²) in [4.78, 5) is 63.7. The highest BCUT2D eigenvalue weighted by molar-refractivity contribution is 6.52. The van der Waals surface area contributed by atoms with Gasteiger partial charge in [-0.25, -0.2) is 19.4 Å². The lowest BCUT2D eigenvalue weighted by Crippen LogP contribution is -2.25. The van der Waals surface area contributed by atoms with Gasteiger partial charge in [-0.15, -0.1) is 0 Å². The number of nitrogens with zero attached hydrogens (tertiary/aromatic N) is 1. The molecule has 128 valence electrons. The van der Waals surface area contributed by atoms with Crippen molar-refractivity contribution in [1.82, 2.24) is 16.1 Å². The standard InChI is InChI=1S/C14H6N2O8.H3N/c17-10-4-2-6(14(23)24)15-8(4)7-3(12(19)20)1-5(13(21)22)16-9(7)11(10)18;/h1-2,15H,(H,19,20)(H,21,22)(H,23,24);1H3. The Kier molecular flexibility index (Phi) is 3.95. The van der Waals surface area contributed by atoms with E-state index in [4.69, 9.17) is 10.2 Å². The third-order valence-electron chi connectivity index (χ3n) is 3.43. The van der Waals surface area contributed by atoms with E-state index in [0.29, 0.717) is 0 Å². The van der Waals surface area contributed by atoms with Crippen LogP contribution < -0.4 is 6.15 Å². The van der Waals surface area contributed by atoms with E-state index < -0.39 is 52.1 Å². The highest BCUT2D eigenvalue weighted by Gasteiger charge is 2.38. The Morgan fingerprint density at radius 1 is 0.920 bits per heavy atom. The van der Waals surface area contributed by atoms with Crippen LogP contribution in [0.15, 0.2) is 12.1 Å². The zero-order chi connectivity index (χ0) is 17.8. The minimum atomic E-state index is -1.58. The normalized spacial score (nSPS) is 12.0. The molecule has 0 bridgehead atoms. The second-order valence-corrected chi connectivity index (χ2v) is 4.82. The summed E-state index contributed by atoms with van der Waals surface area (Å²) in [6.45, 7) is 0. The fourth-order valence-corrected chi connectivity index (χ4v) is 2.42. The van der Waals surface area contributed by atoms with Crippen molar-refractivity contribution in [3.05, 3.63) is 40.3 Å². The second-order valence-electron chi connectivity index (χ2n) is 4.82. The van der Waals surface area contributed by atoms with Crippen molar-refractivity contribution in [2.45, 2.75) is 0 Å². The molecule has 2 aromatic heterocycles. The van der Waals surface area contributed by atoms with E-state index in [1.807, 2.05) is 0 Å². The zero-order valence-electron chi connectivity index (χ0n) is 12.2. The van der Waals surface area contributed by atoms with Gasteiger partial charge >= 0.3 is 17.9 Å². The molecule has 0 atom stereocenters. The Balaban J connectivity index is 0.00000225. The lowest BCUT2D eigenvalue weighted by Gasteiger charge is -2.16. The van der Waals surface area contributed by atoms with E-state index in [2.05, 4.69) is 9.97 Å². The van der Waals surface area contributed by atoms with Crippen LogP contribution in [0.4, 0.5) is 0 Å². The molecule has 2 heterocycles. The molecular weight excluding hydrogens is 338 g/mol.